The maximum atomic E-state index is 12.5. The molecule has 0 saturated carbocycles. The van der Waals surface area contributed by atoms with Gasteiger partial charge >= 0.3 is 0 Å². The van der Waals surface area contributed by atoms with Gasteiger partial charge in [0.15, 0.2) is 0 Å². The molecule has 0 fully saturated rings. The van der Waals surface area contributed by atoms with Crippen molar-refractivity contribution in [2.45, 2.75) is 52.5 Å². The van der Waals surface area contributed by atoms with Gasteiger partial charge < -0.3 is 4.90 Å². The summed E-state index contributed by atoms with van der Waals surface area (Å²) in [6, 6.07) is 9.91. The Morgan fingerprint density at radius 1 is 1.17 bits per heavy atom. The summed E-state index contributed by atoms with van der Waals surface area (Å²) in [5.74, 6) is 0.168. The molecule has 0 saturated heterocycles. The van der Waals surface area contributed by atoms with E-state index < -0.39 is 0 Å². The standard InChI is InChI=1S/C16H25NO/c1-4-6-10-13-17(14(3)5-2)16(18)15-11-8-7-9-12-15/h7-9,11-12,14H,4-6,10,13H2,1-3H3. The van der Waals surface area contributed by atoms with Crippen molar-refractivity contribution in [3.8, 4) is 0 Å². The number of nitrogens with zero attached hydrogens (tertiary/aromatic N) is 1. The van der Waals surface area contributed by atoms with Gasteiger partial charge in [-0.05, 0) is 31.9 Å². The first-order valence-corrected chi connectivity index (χ1v) is 7.06. The second-order valence-electron chi connectivity index (χ2n) is 4.83. The van der Waals surface area contributed by atoms with Gasteiger partial charge in [-0.1, -0.05) is 44.9 Å². The van der Waals surface area contributed by atoms with Crippen molar-refractivity contribution in [3.05, 3.63) is 35.9 Å². The first kappa shape index (κ1) is 14.7. The number of benzene rings is 1. The minimum atomic E-state index is 0.168. The number of carbonyl (C=O) groups excluding carboxylic acids is 1. The maximum absolute atomic E-state index is 12.5. The van der Waals surface area contributed by atoms with E-state index >= 15 is 0 Å². The number of amides is 1. The average Bonchev–Trinajstić information content (AvgIpc) is 2.43. The molecular formula is C16H25NO. The Kier molecular flexibility index (Phi) is 6.48. The normalized spacial score (nSPS) is 12.2. The summed E-state index contributed by atoms with van der Waals surface area (Å²) in [7, 11) is 0. The molecule has 1 atom stereocenters. The van der Waals surface area contributed by atoms with E-state index in [0.29, 0.717) is 6.04 Å². The van der Waals surface area contributed by atoms with E-state index in [1.165, 1.54) is 12.8 Å². The second-order valence-corrected chi connectivity index (χ2v) is 4.83. The molecule has 0 aromatic heterocycles. The molecule has 1 unspecified atom stereocenters. The minimum absolute atomic E-state index is 0.168. The highest BCUT2D eigenvalue weighted by Crippen LogP contribution is 2.12. The van der Waals surface area contributed by atoms with Crippen molar-refractivity contribution in [2.75, 3.05) is 6.54 Å². The molecule has 1 rings (SSSR count). The van der Waals surface area contributed by atoms with Gasteiger partial charge in [0.2, 0.25) is 0 Å². The Balaban J connectivity index is 2.73. The lowest BCUT2D eigenvalue weighted by Crippen LogP contribution is -2.39. The molecule has 0 spiro atoms. The molecule has 2 nitrogen and oxygen atoms in total. The number of carbonyl (C=O) groups is 1. The predicted molar refractivity (Wildman–Crippen MR) is 76.8 cm³/mol. The fourth-order valence-corrected chi connectivity index (χ4v) is 2.02. The fourth-order valence-electron chi connectivity index (χ4n) is 2.02. The third-order valence-corrected chi connectivity index (χ3v) is 3.41. The van der Waals surface area contributed by atoms with E-state index in [1.54, 1.807) is 0 Å². The van der Waals surface area contributed by atoms with Gasteiger partial charge in [-0.3, -0.25) is 4.79 Å². The smallest absolute Gasteiger partial charge is 0.254 e. The molecule has 1 aromatic rings. The van der Waals surface area contributed by atoms with E-state index in [2.05, 4.69) is 20.8 Å². The molecule has 0 radical (unpaired) electrons. The van der Waals surface area contributed by atoms with Crippen LogP contribution in [-0.4, -0.2) is 23.4 Å². The summed E-state index contributed by atoms with van der Waals surface area (Å²) in [6.45, 7) is 7.33. The zero-order chi connectivity index (χ0) is 13.4. The average molecular weight is 247 g/mol. The fraction of sp³-hybridized carbons (Fsp3) is 0.562. The third-order valence-electron chi connectivity index (χ3n) is 3.41. The Bertz CT molecular complexity index is 347. The highest BCUT2D eigenvalue weighted by Gasteiger charge is 2.19. The number of hydrogen-bond acceptors (Lipinski definition) is 1. The molecule has 0 bridgehead atoms. The van der Waals surface area contributed by atoms with Crippen molar-refractivity contribution in [2.24, 2.45) is 0 Å². The van der Waals surface area contributed by atoms with Crippen molar-refractivity contribution >= 4 is 5.91 Å². The topological polar surface area (TPSA) is 20.3 Å². The maximum Gasteiger partial charge on any atom is 0.254 e. The molecule has 18 heavy (non-hydrogen) atoms. The summed E-state index contributed by atoms with van der Waals surface area (Å²) < 4.78 is 0. The van der Waals surface area contributed by atoms with E-state index in [4.69, 9.17) is 0 Å². The van der Waals surface area contributed by atoms with Crippen LogP contribution in [0, 0.1) is 0 Å². The SMILES string of the molecule is CCCCCN(C(=O)c1ccccc1)C(C)CC. The lowest BCUT2D eigenvalue weighted by Gasteiger charge is -2.28. The minimum Gasteiger partial charge on any atom is -0.336 e. The molecule has 1 amide bonds. The van der Waals surface area contributed by atoms with Gasteiger partial charge in [0.05, 0.1) is 0 Å². The molecule has 1 aromatic carbocycles. The summed E-state index contributed by atoms with van der Waals surface area (Å²) in [6.07, 6.45) is 4.48. The van der Waals surface area contributed by atoms with Gasteiger partial charge in [-0.25, -0.2) is 0 Å². The van der Waals surface area contributed by atoms with Crippen molar-refractivity contribution in [3.63, 3.8) is 0 Å². The zero-order valence-corrected chi connectivity index (χ0v) is 11.9. The van der Waals surface area contributed by atoms with Gasteiger partial charge in [-0.15, -0.1) is 0 Å². The molecule has 0 aliphatic rings. The van der Waals surface area contributed by atoms with Crippen LogP contribution in [0.3, 0.4) is 0 Å². The highest BCUT2D eigenvalue weighted by molar-refractivity contribution is 5.94. The monoisotopic (exact) mass is 247 g/mol. The molecule has 0 aliphatic heterocycles. The lowest BCUT2D eigenvalue weighted by atomic mass is 10.1. The Hall–Kier alpha value is -1.31. The van der Waals surface area contributed by atoms with Crippen LogP contribution >= 0.6 is 0 Å². The molecule has 0 N–H and O–H groups in total. The van der Waals surface area contributed by atoms with E-state index in [0.717, 1.165) is 24.9 Å². The van der Waals surface area contributed by atoms with Crippen LogP contribution in [0.4, 0.5) is 0 Å². The number of unbranched alkanes of at least 4 members (excludes halogenated alkanes) is 2. The van der Waals surface area contributed by atoms with Gasteiger partial charge in [0, 0.05) is 18.2 Å². The van der Waals surface area contributed by atoms with Gasteiger partial charge in [0.25, 0.3) is 5.91 Å². The molecule has 2 heteroatoms. The van der Waals surface area contributed by atoms with Gasteiger partial charge in [-0.2, -0.15) is 0 Å². The lowest BCUT2D eigenvalue weighted by molar-refractivity contribution is 0.0684. The molecule has 0 aliphatic carbocycles. The predicted octanol–water partition coefficient (Wildman–Crippen LogP) is 4.12. The van der Waals surface area contributed by atoms with Crippen LogP contribution in [0.15, 0.2) is 30.3 Å². The van der Waals surface area contributed by atoms with Crippen molar-refractivity contribution in [1.29, 1.82) is 0 Å². The van der Waals surface area contributed by atoms with Crippen LogP contribution in [0.1, 0.15) is 56.8 Å². The number of rotatable bonds is 7. The van der Waals surface area contributed by atoms with Crippen LogP contribution < -0.4 is 0 Å². The van der Waals surface area contributed by atoms with Crippen molar-refractivity contribution in [1.82, 2.24) is 4.90 Å². The Labute approximate surface area is 111 Å². The van der Waals surface area contributed by atoms with Crippen LogP contribution in [0.2, 0.25) is 0 Å². The second kappa shape index (κ2) is 7.91. The molecular weight excluding hydrogens is 222 g/mol. The van der Waals surface area contributed by atoms with Gasteiger partial charge in [0.1, 0.15) is 0 Å². The van der Waals surface area contributed by atoms with E-state index in [1.807, 2.05) is 35.2 Å². The van der Waals surface area contributed by atoms with Crippen molar-refractivity contribution < 1.29 is 4.79 Å². The third kappa shape index (κ3) is 4.17. The van der Waals surface area contributed by atoms with E-state index in [9.17, 15) is 4.79 Å². The quantitative estimate of drug-likeness (QED) is 0.664. The summed E-state index contributed by atoms with van der Waals surface area (Å²) in [4.78, 5) is 14.5. The highest BCUT2D eigenvalue weighted by atomic mass is 16.2. The van der Waals surface area contributed by atoms with Crippen LogP contribution in [-0.2, 0) is 0 Å². The largest absolute Gasteiger partial charge is 0.336 e. The molecule has 100 valence electrons. The Morgan fingerprint density at radius 2 is 1.83 bits per heavy atom. The number of hydrogen-bond donors (Lipinski definition) is 0. The first-order valence-electron chi connectivity index (χ1n) is 7.06. The molecule has 0 heterocycles. The van der Waals surface area contributed by atoms with Crippen LogP contribution in [0.5, 0.6) is 0 Å². The summed E-state index contributed by atoms with van der Waals surface area (Å²) in [5.41, 5.74) is 0.800. The van der Waals surface area contributed by atoms with Crippen LogP contribution in [0.25, 0.3) is 0 Å². The summed E-state index contributed by atoms with van der Waals surface area (Å²) >= 11 is 0. The Morgan fingerprint density at radius 3 is 2.39 bits per heavy atom. The summed E-state index contributed by atoms with van der Waals surface area (Å²) in [5, 5.41) is 0. The zero-order valence-electron chi connectivity index (χ0n) is 11.9. The van der Waals surface area contributed by atoms with E-state index in [-0.39, 0.29) is 5.91 Å². The first-order chi connectivity index (χ1) is 8.70.